The molecule has 3 heterocycles. The number of benzene rings is 3. The molecule has 0 saturated carbocycles. The van der Waals surface area contributed by atoms with E-state index in [4.69, 9.17) is 9.73 Å². The lowest BCUT2D eigenvalue weighted by atomic mass is 9.90. The van der Waals surface area contributed by atoms with Crippen LogP contribution < -0.4 is 19.6 Å². The highest BCUT2D eigenvalue weighted by molar-refractivity contribution is 7.07. The van der Waals surface area contributed by atoms with Crippen LogP contribution in [0.2, 0.25) is 0 Å². The van der Waals surface area contributed by atoms with E-state index in [1.807, 2.05) is 81.4 Å². The van der Waals surface area contributed by atoms with Crippen LogP contribution in [-0.2, 0) is 4.79 Å². The SMILES string of the molecule is CCN(CC)C(=O)C1=C(C)N=c2s/c(=C/c3cc(C)n(-c4ccccc4)c3C)c(=O)n2[C@H]1c1c(OC)ccc2ccccc12. The Bertz CT molecular complexity index is 2110. The third-order valence-corrected chi connectivity index (χ3v) is 9.48. The molecule has 5 aromatic rings. The van der Waals surface area contributed by atoms with Crippen molar-refractivity contribution in [2.45, 2.75) is 40.7 Å². The number of ether oxygens (including phenoxy) is 1. The Balaban J connectivity index is 1.63. The number of hydrogen-bond acceptors (Lipinski definition) is 5. The predicted octanol–water partition coefficient (Wildman–Crippen LogP) is 5.67. The van der Waals surface area contributed by atoms with Gasteiger partial charge in [0, 0.05) is 35.7 Å². The maximum atomic E-state index is 14.5. The summed E-state index contributed by atoms with van der Waals surface area (Å²) in [6.45, 7) is 11.0. The van der Waals surface area contributed by atoms with Gasteiger partial charge in [-0.05, 0) is 81.3 Å². The van der Waals surface area contributed by atoms with Crippen LogP contribution in [0.5, 0.6) is 5.75 Å². The van der Waals surface area contributed by atoms with Gasteiger partial charge in [-0.15, -0.1) is 0 Å². The van der Waals surface area contributed by atoms with E-state index in [2.05, 4.69) is 36.6 Å². The van der Waals surface area contributed by atoms with Gasteiger partial charge in [0.2, 0.25) is 0 Å². The van der Waals surface area contributed by atoms with Crippen LogP contribution in [0.1, 0.15) is 49.3 Å². The summed E-state index contributed by atoms with van der Waals surface area (Å²) in [6, 6.07) is 23.5. The quantitative estimate of drug-likeness (QED) is 0.240. The molecule has 6 rings (SSSR count). The van der Waals surface area contributed by atoms with E-state index in [-0.39, 0.29) is 11.5 Å². The number of likely N-dealkylation sites (N-methyl/N-ethyl adjacent to an activating group) is 1. The van der Waals surface area contributed by atoms with Crippen molar-refractivity contribution in [1.29, 1.82) is 0 Å². The molecule has 0 fully saturated rings. The molecule has 0 aliphatic carbocycles. The van der Waals surface area contributed by atoms with E-state index in [0.717, 1.165) is 39.0 Å². The molecule has 1 aliphatic rings. The minimum Gasteiger partial charge on any atom is -0.496 e. The van der Waals surface area contributed by atoms with Crippen molar-refractivity contribution in [2.75, 3.05) is 20.2 Å². The van der Waals surface area contributed by atoms with Crippen molar-refractivity contribution >= 4 is 34.1 Å². The second kappa shape index (κ2) is 11.8. The Kier molecular flexibility index (Phi) is 7.86. The number of allylic oxidation sites excluding steroid dienone is 1. The molecular weight excluding hydrogens is 568 g/mol. The van der Waals surface area contributed by atoms with Gasteiger partial charge >= 0.3 is 0 Å². The first kappa shape index (κ1) is 29.4. The van der Waals surface area contributed by atoms with Gasteiger partial charge in [0.25, 0.3) is 11.5 Å². The molecule has 44 heavy (non-hydrogen) atoms. The van der Waals surface area contributed by atoms with E-state index in [9.17, 15) is 9.59 Å². The number of aryl methyl sites for hydroxylation is 1. The van der Waals surface area contributed by atoms with E-state index in [0.29, 0.717) is 39.4 Å². The molecule has 7 nitrogen and oxygen atoms in total. The summed E-state index contributed by atoms with van der Waals surface area (Å²) >= 11 is 1.35. The zero-order chi connectivity index (χ0) is 31.1. The summed E-state index contributed by atoms with van der Waals surface area (Å²) in [5.74, 6) is 0.492. The summed E-state index contributed by atoms with van der Waals surface area (Å²) < 4.78 is 10.4. The molecule has 0 N–H and O–H groups in total. The normalized spacial score (nSPS) is 15.0. The minimum atomic E-state index is -0.709. The molecule has 8 heteroatoms. The highest BCUT2D eigenvalue weighted by Gasteiger charge is 2.36. The van der Waals surface area contributed by atoms with Gasteiger partial charge in [0.05, 0.1) is 22.9 Å². The van der Waals surface area contributed by atoms with Gasteiger partial charge in [-0.2, -0.15) is 0 Å². The predicted molar refractivity (Wildman–Crippen MR) is 177 cm³/mol. The number of methoxy groups -OCH3 is 1. The summed E-state index contributed by atoms with van der Waals surface area (Å²) in [4.78, 5) is 35.9. The molecule has 2 aromatic heterocycles. The lowest BCUT2D eigenvalue weighted by Crippen LogP contribution is -2.43. The molecule has 0 spiro atoms. The van der Waals surface area contributed by atoms with Crippen molar-refractivity contribution in [3.05, 3.63) is 126 Å². The topological polar surface area (TPSA) is 68.8 Å². The number of aromatic nitrogens is 2. The molecule has 1 amide bonds. The fourth-order valence-corrected chi connectivity index (χ4v) is 7.37. The van der Waals surface area contributed by atoms with Crippen LogP contribution in [-0.4, -0.2) is 40.1 Å². The van der Waals surface area contributed by atoms with Crippen molar-refractivity contribution in [3.8, 4) is 11.4 Å². The summed E-state index contributed by atoms with van der Waals surface area (Å²) in [7, 11) is 1.63. The molecule has 224 valence electrons. The first-order valence-electron chi connectivity index (χ1n) is 14.9. The van der Waals surface area contributed by atoms with Gasteiger partial charge in [0.15, 0.2) is 4.80 Å². The van der Waals surface area contributed by atoms with Gasteiger partial charge in [-0.3, -0.25) is 14.2 Å². The van der Waals surface area contributed by atoms with Gasteiger partial charge < -0.3 is 14.2 Å². The zero-order valence-electron chi connectivity index (χ0n) is 25.9. The molecule has 3 aromatic carbocycles. The first-order chi connectivity index (χ1) is 21.3. The number of thiazole rings is 1. The number of carbonyl (C=O) groups excluding carboxylic acids is 1. The van der Waals surface area contributed by atoms with Crippen molar-refractivity contribution in [3.63, 3.8) is 0 Å². The Morgan fingerprint density at radius 2 is 1.70 bits per heavy atom. The summed E-state index contributed by atoms with van der Waals surface area (Å²) in [5.41, 5.74) is 5.85. The highest BCUT2D eigenvalue weighted by Crippen LogP contribution is 2.40. The van der Waals surface area contributed by atoms with Crippen molar-refractivity contribution in [2.24, 2.45) is 4.99 Å². The third-order valence-electron chi connectivity index (χ3n) is 8.50. The average Bonchev–Trinajstić information content (AvgIpc) is 3.49. The molecule has 1 aliphatic heterocycles. The van der Waals surface area contributed by atoms with Crippen LogP contribution in [0.25, 0.3) is 22.5 Å². The Labute approximate surface area is 260 Å². The van der Waals surface area contributed by atoms with Gasteiger partial charge in [0.1, 0.15) is 11.8 Å². The lowest BCUT2D eigenvalue weighted by molar-refractivity contribution is -0.127. The largest absolute Gasteiger partial charge is 0.496 e. The van der Waals surface area contributed by atoms with E-state index < -0.39 is 6.04 Å². The fourth-order valence-electron chi connectivity index (χ4n) is 6.33. The number of hydrogen-bond donors (Lipinski definition) is 0. The standard InChI is InChI=1S/C36H36N4O3S/c1-7-38(8-2)35(42)31-23(4)37-36-40(33(31)32-28-17-13-12-14-25(28)18-19-29(32)43-6)34(41)30(44-36)21-26-20-22(3)39(24(26)5)27-15-10-9-11-16-27/h9-21,33H,7-8H2,1-6H3/b30-21+/t33-/m1/s1. The van der Waals surface area contributed by atoms with Crippen molar-refractivity contribution < 1.29 is 9.53 Å². The maximum absolute atomic E-state index is 14.5. The second-order valence-electron chi connectivity index (χ2n) is 11.0. The minimum absolute atomic E-state index is 0.128. The molecule has 0 saturated heterocycles. The molecule has 0 unspecified atom stereocenters. The zero-order valence-corrected chi connectivity index (χ0v) is 26.7. The molecule has 0 bridgehead atoms. The van der Waals surface area contributed by atoms with Crippen LogP contribution >= 0.6 is 11.3 Å². The number of carbonyl (C=O) groups is 1. The smallest absolute Gasteiger partial charge is 0.271 e. The second-order valence-corrected chi connectivity index (χ2v) is 12.0. The molecular formula is C36H36N4O3S. The Morgan fingerprint density at radius 1 is 1.00 bits per heavy atom. The number of fused-ring (bicyclic) bond motifs is 2. The monoisotopic (exact) mass is 604 g/mol. The van der Waals surface area contributed by atoms with E-state index in [1.54, 1.807) is 16.6 Å². The summed E-state index contributed by atoms with van der Waals surface area (Å²) in [5, 5.41) is 1.93. The average molecular weight is 605 g/mol. The molecule has 1 atom stereocenters. The lowest BCUT2D eigenvalue weighted by Gasteiger charge is -2.30. The summed E-state index contributed by atoms with van der Waals surface area (Å²) in [6.07, 6.45) is 1.95. The third kappa shape index (κ3) is 4.79. The van der Waals surface area contributed by atoms with Crippen molar-refractivity contribution in [1.82, 2.24) is 14.0 Å². The highest BCUT2D eigenvalue weighted by atomic mass is 32.1. The maximum Gasteiger partial charge on any atom is 0.271 e. The number of nitrogens with zero attached hydrogens (tertiary/aromatic N) is 4. The first-order valence-corrected chi connectivity index (χ1v) is 15.7. The van der Waals surface area contributed by atoms with Crippen LogP contribution in [0, 0.1) is 13.8 Å². The van der Waals surface area contributed by atoms with Crippen LogP contribution in [0.3, 0.4) is 0 Å². The Morgan fingerprint density at radius 3 is 2.41 bits per heavy atom. The van der Waals surface area contributed by atoms with Gasteiger partial charge in [-0.25, -0.2) is 4.99 Å². The van der Waals surface area contributed by atoms with Crippen LogP contribution in [0.15, 0.2) is 93.9 Å². The van der Waals surface area contributed by atoms with Crippen LogP contribution in [0.4, 0.5) is 0 Å². The number of para-hydroxylation sites is 1. The number of amides is 1. The number of rotatable bonds is 7. The van der Waals surface area contributed by atoms with E-state index in [1.165, 1.54) is 11.3 Å². The fraction of sp³-hybridized carbons (Fsp3) is 0.250. The van der Waals surface area contributed by atoms with E-state index >= 15 is 0 Å². The van der Waals surface area contributed by atoms with Gasteiger partial charge in [-0.1, -0.05) is 59.9 Å². The Hall–Kier alpha value is -4.69. The molecule has 0 radical (unpaired) electrons.